The average molecular weight is 190 g/mol. The first-order chi connectivity index (χ1) is 6.18. The number of hydrogen-bond acceptors (Lipinski definition) is 5. The highest BCUT2D eigenvalue weighted by atomic mass is 16.2. The summed E-state index contributed by atoms with van der Waals surface area (Å²) in [5, 5.41) is 3.80. The minimum atomic E-state index is -0.740. The Morgan fingerprint density at radius 3 is 1.46 bits per heavy atom. The normalized spacial score (nSPS) is 14.0. The number of carbonyl (C=O) groups is 3. The Morgan fingerprint density at radius 1 is 0.923 bits per heavy atom. The van der Waals surface area contributed by atoms with Crippen molar-refractivity contribution >= 4 is 17.8 Å². The van der Waals surface area contributed by atoms with Crippen LogP contribution in [-0.4, -0.2) is 31.9 Å². The average Bonchev–Trinajstić information content (AvgIpc) is 2.09. The molecule has 76 valence electrons. The third kappa shape index (κ3) is 6.91. The highest BCUT2D eigenvalue weighted by molar-refractivity contribution is 6.14. The molecule has 1 fully saturated rings. The quantitative estimate of drug-likeness (QED) is 0.325. The molecule has 1 heterocycles. The molecule has 7 nitrogen and oxygen atoms in total. The van der Waals surface area contributed by atoms with Crippen LogP contribution in [-0.2, 0) is 9.59 Å². The van der Waals surface area contributed by atoms with Gasteiger partial charge in [0.25, 0.3) is 0 Å². The standard InChI is InChI=1S/C4H4N2O3.2CH5N/c7-2-1-3(8)6-4(9)5-2;2*1-2/h1H2,(H2,5,6,7,8,9);2*2H2,1H3. The summed E-state index contributed by atoms with van der Waals surface area (Å²) in [6, 6.07) is -0.740. The van der Waals surface area contributed by atoms with Crippen molar-refractivity contribution in [2.45, 2.75) is 6.42 Å². The molecule has 7 heteroatoms. The molecule has 0 aliphatic carbocycles. The predicted octanol–water partition coefficient (Wildman–Crippen LogP) is -2.11. The Kier molecular flexibility index (Phi) is 9.34. The zero-order valence-electron chi connectivity index (χ0n) is 7.59. The number of hydrogen-bond donors (Lipinski definition) is 4. The minimum absolute atomic E-state index is 0.258. The molecule has 1 saturated heterocycles. The van der Waals surface area contributed by atoms with Crippen LogP contribution in [0.15, 0.2) is 0 Å². The van der Waals surface area contributed by atoms with Crippen molar-refractivity contribution < 1.29 is 14.4 Å². The van der Waals surface area contributed by atoms with Crippen LogP contribution in [0.25, 0.3) is 0 Å². The third-order valence-corrected chi connectivity index (χ3v) is 0.827. The summed E-state index contributed by atoms with van der Waals surface area (Å²) in [4.78, 5) is 30.8. The molecule has 0 bridgehead atoms. The first kappa shape index (κ1) is 14.1. The first-order valence-electron chi connectivity index (χ1n) is 3.47. The van der Waals surface area contributed by atoms with Gasteiger partial charge in [-0.2, -0.15) is 0 Å². The number of carbonyl (C=O) groups excluding carboxylic acids is 3. The molecular weight excluding hydrogens is 176 g/mol. The van der Waals surface area contributed by atoms with Gasteiger partial charge >= 0.3 is 6.03 Å². The van der Waals surface area contributed by atoms with Crippen molar-refractivity contribution in [3.8, 4) is 0 Å². The maximum atomic E-state index is 10.3. The lowest BCUT2D eigenvalue weighted by molar-refractivity contribution is -0.129. The van der Waals surface area contributed by atoms with Crippen LogP contribution in [0.5, 0.6) is 0 Å². The molecule has 1 aliphatic heterocycles. The second kappa shape index (κ2) is 8.62. The number of nitrogens with one attached hydrogen (secondary N) is 2. The molecule has 0 atom stereocenters. The number of imide groups is 2. The van der Waals surface area contributed by atoms with Crippen LogP contribution in [0.4, 0.5) is 4.79 Å². The van der Waals surface area contributed by atoms with Gasteiger partial charge in [-0.1, -0.05) is 0 Å². The maximum Gasteiger partial charge on any atom is 0.328 e. The highest BCUT2D eigenvalue weighted by Crippen LogP contribution is 1.85. The summed E-state index contributed by atoms with van der Waals surface area (Å²) in [6.45, 7) is 0. The number of urea groups is 1. The summed E-state index contributed by atoms with van der Waals surface area (Å²) < 4.78 is 0. The van der Waals surface area contributed by atoms with E-state index in [-0.39, 0.29) is 6.42 Å². The van der Waals surface area contributed by atoms with Gasteiger partial charge in [0.15, 0.2) is 0 Å². The molecule has 1 aliphatic rings. The van der Waals surface area contributed by atoms with E-state index in [4.69, 9.17) is 0 Å². The topological polar surface area (TPSA) is 127 Å². The van der Waals surface area contributed by atoms with Crippen LogP contribution in [0, 0.1) is 0 Å². The Labute approximate surface area is 75.8 Å². The van der Waals surface area contributed by atoms with Crippen molar-refractivity contribution in [2.75, 3.05) is 14.1 Å². The van der Waals surface area contributed by atoms with Crippen molar-refractivity contribution in [3.05, 3.63) is 0 Å². The van der Waals surface area contributed by atoms with Gasteiger partial charge in [0.1, 0.15) is 6.42 Å². The van der Waals surface area contributed by atoms with E-state index >= 15 is 0 Å². The molecule has 0 saturated carbocycles. The van der Waals surface area contributed by atoms with E-state index in [1.807, 2.05) is 10.6 Å². The third-order valence-electron chi connectivity index (χ3n) is 0.827. The Balaban J connectivity index is 0. The molecule has 6 N–H and O–H groups in total. The van der Waals surface area contributed by atoms with Crippen molar-refractivity contribution in [1.29, 1.82) is 0 Å². The largest absolute Gasteiger partial charge is 0.333 e. The van der Waals surface area contributed by atoms with Gasteiger partial charge < -0.3 is 11.5 Å². The SMILES string of the molecule is CN.CN.O=C1CC(=O)NC(=O)N1. The first-order valence-corrected chi connectivity index (χ1v) is 3.47. The molecule has 0 spiro atoms. The Morgan fingerprint density at radius 2 is 1.23 bits per heavy atom. The molecule has 0 unspecified atom stereocenters. The summed E-state index contributed by atoms with van der Waals surface area (Å²) in [5.41, 5.74) is 9.00. The van der Waals surface area contributed by atoms with Crippen LogP contribution >= 0.6 is 0 Å². The Hall–Kier alpha value is -1.47. The van der Waals surface area contributed by atoms with Gasteiger partial charge in [0, 0.05) is 0 Å². The van der Waals surface area contributed by atoms with E-state index in [0.717, 1.165) is 0 Å². The van der Waals surface area contributed by atoms with Gasteiger partial charge in [-0.05, 0) is 14.1 Å². The smallest absolute Gasteiger partial charge is 0.328 e. The van der Waals surface area contributed by atoms with Gasteiger partial charge in [-0.15, -0.1) is 0 Å². The van der Waals surface area contributed by atoms with Gasteiger partial charge in [0.2, 0.25) is 11.8 Å². The summed E-state index contributed by atoms with van der Waals surface area (Å²) >= 11 is 0. The van der Waals surface area contributed by atoms with Crippen molar-refractivity contribution in [1.82, 2.24) is 10.6 Å². The van der Waals surface area contributed by atoms with E-state index in [2.05, 4.69) is 11.5 Å². The fourth-order valence-corrected chi connectivity index (χ4v) is 0.519. The maximum absolute atomic E-state index is 10.3. The second-order valence-corrected chi connectivity index (χ2v) is 1.60. The van der Waals surface area contributed by atoms with E-state index in [9.17, 15) is 14.4 Å². The highest BCUT2D eigenvalue weighted by Gasteiger charge is 2.20. The summed E-state index contributed by atoms with van der Waals surface area (Å²) in [5.74, 6) is -1.10. The fraction of sp³-hybridized carbons (Fsp3) is 0.500. The van der Waals surface area contributed by atoms with Crippen LogP contribution in [0.1, 0.15) is 6.42 Å². The lowest BCUT2D eigenvalue weighted by atomic mass is 10.3. The van der Waals surface area contributed by atoms with Crippen LogP contribution in [0.2, 0.25) is 0 Å². The number of barbiturate groups is 1. The van der Waals surface area contributed by atoms with Gasteiger partial charge in [-0.25, -0.2) is 4.79 Å². The molecule has 0 aromatic rings. The molecule has 0 aromatic carbocycles. The molecule has 1 rings (SSSR count). The second-order valence-electron chi connectivity index (χ2n) is 1.60. The van der Waals surface area contributed by atoms with E-state index < -0.39 is 17.8 Å². The number of rotatable bonds is 0. The summed E-state index contributed by atoms with van der Waals surface area (Å²) in [7, 11) is 3.00. The predicted molar refractivity (Wildman–Crippen MR) is 46.5 cm³/mol. The van der Waals surface area contributed by atoms with Crippen LogP contribution in [0.3, 0.4) is 0 Å². The lowest BCUT2D eigenvalue weighted by Crippen LogP contribution is -2.49. The monoisotopic (exact) mass is 190 g/mol. The molecule has 4 amide bonds. The van der Waals surface area contributed by atoms with E-state index in [1.54, 1.807) is 0 Å². The van der Waals surface area contributed by atoms with E-state index in [1.165, 1.54) is 14.1 Å². The Bertz CT molecular complexity index is 147. The number of amides is 4. The molecule has 13 heavy (non-hydrogen) atoms. The van der Waals surface area contributed by atoms with Crippen molar-refractivity contribution in [3.63, 3.8) is 0 Å². The molecular formula is C6H14N4O3. The van der Waals surface area contributed by atoms with Crippen LogP contribution < -0.4 is 22.1 Å². The zero-order valence-corrected chi connectivity index (χ0v) is 7.59. The zero-order chi connectivity index (χ0) is 10.9. The van der Waals surface area contributed by atoms with Gasteiger partial charge in [-0.3, -0.25) is 20.2 Å². The molecule has 0 radical (unpaired) electrons. The summed E-state index contributed by atoms with van der Waals surface area (Å²) in [6.07, 6.45) is -0.258. The van der Waals surface area contributed by atoms with Crippen molar-refractivity contribution in [2.24, 2.45) is 11.5 Å². The van der Waals surface area contributed by atoms with Gasteiger partial charge in [0.05, 0.1) is 0 Å². The number of nitrogens with two attached hydrogens (primary N) is 2. The van der Waals surface area contributed by atoms with E-state index in [0.29, 0.717) is 0 Å². The molecule has 0 aromatic heterocycles. The fourth-order valence-electron chi connectivity index (χ4n) is 0.519. The minimum Gasteiger partial charge on any atom is -0.333 e. The lowest BCUT2D eigenvalue weighted by Gasteiger charge is -2.09.